The summed E-state index contributed by atoms with van der Waals surface area (Å²) in [4.78, 5) is 41.7. The van der Waals surface area contributed by atoms with Crippen LogP contribution in [0.2, 0.25) is 0 Å². The minimum Gasteiger partial charge on any atom is -0.464 e. The van der Waals surface area contributed by atoms with E-state index in [0.29, 0.717) is 42.8 Å². The molecule has 0 saturated carbocycles. The maximum Gasteiger partial charge on any atom is 0.327 e. The normalized spacial score (nSPS) is 15.1. The molecule has 2 unspecified atom stereocenters. The number of rotatable bonds is 20. The number of fused-ring (bicyclic) bond motifs is 1. The molecule has 0 aliphatic carbocycles. The van der Waals surface area contributed by atoms with Crippen LogP contribution in [-0.2, 0) is 32.9 Å². The number of hydrogen-bond donors (Lipinski definition) is 1. The molecule has 13 nitrogen and oxygen atoms in total. The third-order valence-corrected chi connectivity index (χ3v) is 7.25. The van der Waals surface area contributed by atoms with E-state index in [1.54, 1.807) is 44.6 Å². The second-order valence-electron chi connectivity index (χ2n) is 8.65. The molecule has 41 heavy (non-hydrogen) atoms. The maximum atomic E-state index is 13.0. The highest BCUT2D eigenvalue weighted by Crippen LogP contribution is 2.42. The van der Waals surface area contributed by atoms with E-state index in [1.165, 1.54) is 19.1 Å². The van der Waals surface area contributed by atoms with E-state index in [2.05, 4.69) is 0 Å². The molecule has 1 N–H and O–H groups in total. The topological polar surface area (TPSA) is 149 Å². The molecular weight excluding hydrogens is 561 g/mol. The molecule has 2 aromatic carbocycles. The molecule has 1 aliphatic rings. The molecule has 3 rings (SSSR count). The average molecular weight is 598 g/mol. The number of amides is 2. The van der Waals surface area contributed by atoms with E-state index in [-0.39, 0.29) is 49.7 Å². The number of ether oxygens (including phenoxy) is 6. The van der Waals surface area contributed by atoms with Crippen LogP contribution in [0, 0.1) is 0 Å². The molecule has 0 fully saturated rings. The predicted molar refractivity (Wildman–Crippen MR) is 145 cm³/mol. The lowest BCUT2D eigenvalue weighted by molar-refractivity contribution is -0.138. The molecule has 2 amide bonds. The maximum absolute atomic E-state index is 13.0. The van der Waals surface area contributed by atoms with Gasteiger partial charge >= 0.3 is 7.60 Å². The predicted octanol–water partition coefficient (Wildman–Crippen LogP) is 3.57. The Balaban J connectivity index is 1.83. The summed E-state index contributed by atoms with van der Waals surface area (Å²) in [6, 6.07) is 11.3. The molecule has 1 aliphatic heterocycles. The van der Waals surface area contributed by atoms with Crippen LogP contribution in [0.15, 0.2) is 42.5 Å². The highest BCUT2D eigenvalue weighted by Gasteiger charge is 2.38. The van der Waals surface area contributed by atoms with Gasteiger partial charge in [0.25, 0.3) is 11.8 Å². The van der Waals surface area contributed by atoms with Crippen LogP contribution in [0.4, 0.5) is 0 Å². The third kappa shape index (κ3) is 9.59. The molecule has 2 aromatic rings. The zero-order valence-electron chi connectivity index (χ0n) is 23.3. The highest BCUT2D eigenvalue weighted by atomic mass is 31.2. The number of imide groups is 1. The van der Waals surface area contributed by atoms with Crippen molar-refractivity contribution in [1.29, 1.82) is 0 Å². The van der Waals surface area contributed by atoms with Gasteiger partial charge in [-0.3, -0.25) is 19.0 Å². The van der Waals surface area contributed by atoms with Gasteiger partial charge in [-0.05, 0) is 29.8 Å². The molecule has 0 radical (unpaired) electrons. The smallest absolute Gasteiger partial charge is 0.327 e. The second kappa shape index (κ2) is 16.5. The molecule has 14 heteroatoms. The number of hydroxylamine groups is 2. The Bertz CT molecular complexity index is 1160. The summed E-state index contributed by atoms with van der Waals surface area (Å²) in [5, 5.41) is 0.691. The number of carbonyl (C=O) groups excluding carboxylic acids is 2. The zero-order valence-corrected chi connectivity index (χ0v) is 24.2. The standard InChI is InChI=1S/C27H36NO12P/c1-4-41(31,32)39-12-11-23(40-28-26(29)21-7-5-6-8-22(21)27(28)30)20-9-10-24(37-18-35-15-13-33-2)25(17-20)38-19-36-16-14-34-3/h5-10,17,23H,4,11-16,18-19H2,1-3H3,(H,31,32). The third-order valence-electron chi connectivity index (χ3n) is 5.86. The summed E-state index contributed by atoms with van der Waals surface area (Å²) in [5.74, 6) is -0.625. The number of carbonyl (C=O) groups is 2. The molecule has 0 spiro atoms. The van der Waals surface area contributed by atoms with Crippen LogP contribution in [-0.4, -0.2) is 88.8 Å². The fraction of sp³-hybridized carbons (Fsp3) is 0.481. The van der Waals surface area contributed by atoms with Crippen LogP contribution in [0.3, 0.4) is 0 Å². The first-order valence-electron chi connectivity index (χ1n) is 12.9. The van der Waals surface area contributed by atoms with Crippen molar-refractivity contribution in [2.75, 3.05) is 67.0 Å². The first kappa shape index (κ1) is 32.6. The van der Waals surface area contributed by atoms with Gasteiger partial charge in [-0.2, -0.15) is 0 Å². The highest BCUT2D eigenvalue weighted by molar-refractivity contribution is 7.52. The van der Waals surface area contributed by atoms with Crippen LogP contribution in [0.25, 0.3) is 0 Å². The first-order valence-corrected chi connectivity index (χ1v) is 14.7. The van der Waals surface area contributed by atoms with Crippen molar-refractivity contribution >= 4 is 19.4 Å². The Morgan fingerprint density at radius 3 is 1.98 bits per heavy atom. The summed E-state index contributed by atoms with van der Waals surface area (Å²) >= 11 is 0. The van der Waals surface area contributed by atoms with Gasteiger partial charge in [-0.1, -0.05) is 25.1 Å². The van der Waals surface area contributed by atoms with Gasteiger partial charge < -0.3 is 37.8 Å². The number of methoxy groups -OCH3 is 2. The van der Waals surface area contributed by atoms with Gasteiger partial charge in [0.05, 0.1) is 44.2 Å². The Morgan fingerprint density at radius 1 is 0.829 bits per heavy atom. The quantitative estimate of drug-likeness (QED) is 0.103. The van der Waals surface area contributed by atoms with E-state index < -0.39 is 25.5 Å². The summed E-state index contributed by atoms with van der Waals surface area (Å²) < 4.78 is 49.5. The lowest BCUT2D eigenvalue weighted by atomic mass is 10.1. The Labute approximate surface area is 238 Å². The molecule has 2 atom stereocenters. The van der Waals surface area contributed by atoms with Crippen LogP contribution < -0.4 is 9.47 Å². The summed E-state index contributed by atoms with van der Waals surface area (Å²) in [7, 11) is -0.675. The van der Waals surface area contributed by atoms with Crippen molar-refractivity contribution in [1.82, 2.24) is 5.06 Å². The van der Waals surface area contributed by atoms with Gasteiger partial charge in [0, 0.05) is 26.8 Å². The average Bonchev–Trinajstić information content (AvgIpc) is 3.21. The van der Waals surface area contributed by atoms with Gasteiger partial charge in [0.15, 0.2) is 25.1 Å². The monoisotopic (exact) mass is 597 g/mol. The molecule has 1 heterocycles. The molecule has 0 saturated heterocycles. The van der Waals surface area contributed by atoms with Crippen molar-refractivity contribution < 1.29 is 56.8 Å². The molecule has 0 bridgehead atoms. The number of hydrogen-bond acceptors (Lipinski definition) is 11. The van der Waals surface area contributed by atoms with Crippen LogP contribution in [0.5, 0.6) is 11.5 Å². The lowest BCUT2D eigenvalue weighted by Crippen LogP contribution is -2.32. The van der Waals surface area contributed by atoms with Gasteiger partial charge in [-0.15, -0.1) is 5.06 Å². The van der Waals surface area contributed by atoms with E-state index in [4.69, 9.17) is 37.8 Å². The van der Waals surface area contributed by atoms with Crippen LogP contribution in [0.1, 0.15) is 45.7 Å². The van der Waals surface area contributed by atoms with Crippen molar-refractivity contribution in [2.24, 2.45) is 0 Å². The second-order valence-corrected chi connectivity index (χ2v) is 10.8. The molecule has 226 valence electrons. The van der Waals surface area contributed by atoms with Crippen molar-refractivity contribution in [3.63, 3.8) is 0 Å². The molecular formula is C27H36NO12P. The summed E-state index contributed by atoms with van der Waals surface area (Å²) in [6.07, 6.45) is -0.990. The van der Waals surface area contributed by atoms with Gasteiger partial charge in [-0.25, -0.2) is 0 Å². The Hall–Kier alpha value is -2.87. The number of benzene rings is 2. The molecule has 0 aromatic heterocycles. The Morgan fingerprint density at radius 2 is 1.41 bits per heavy atom. The van der Waals surface area contributed by atoms with E-state index in [0.717, 1.165) is 0 Å². The summed E-state index contributed by atoms with van der Waals surface area (Å²) in [6.45, 7) is 2.56. The SMILES string of the molecule is CCP(=O)(O)OCCC(ON1C(=O)c2ccccc2C1=O)c1ccc(OCOCCOC)c(OCOCCOC)c1. The Kier molecular flexibility index (Phi) is 13.2. The lowest BCUT2D eigenvalue weighted by Gasteiger charge is -2.24. The minimum absolute atomic E-state index is 0.0298. The fourth-order valence-corrected chi connectivity index (χ4v) is 4.21. The largest absolute Gasteiger partial charge is 0.464 e. The fourth-order valence-electron chi connectivity index (χ4n) is 3.63. The van der Waals surface area contributed by atoms with Gasteiger partial charge in [0.1, 0.15) is 6.10 Å². The van der Waals surface area contributed by atoms with E-state index in [9.17, 15) is 19.0 Å². The summed E-state index contributed by atoms with van der Waals surface area (Å²) in [5.41, 5.74) is 0.912. The zero-order chi connectivity index (χ0) is 29.7. The van der Waals surface area contributed by atoms with E-state index in [1.807, 2.05) is 0 Å². The van der Waals surface area contributed by atoms with Gasteiger partial charge in [0.2, 0.25) is 0 Å². The number of nitrogens with zero attached hydrogens (tertiary/aromatic N) is 1. The van der Waals surface area contributed by atoms with Crippen LogP contribution >= 0.6 is 7.60 Å². The van der Waals surface area contributed by atoms with Crippen molar-refractivity contribution in [3.05, 3.63) is 59.2 Å². The van der Waals surface area contributed by atoms with Crippen molar-refractivity contribution in [2.45, 2.75) is 19.4 Å². The van der Waals surface area contributed by atoms with E-state index >= 15 is 0 Å². The minimum atomic E-state index is -3.79. The van der Waals surface area contributed by atoms with Crippen molar-refractivity contribution in [3.8, 4) is 11.5 Å². The first-order chi connectivity index (χ1) is 19.8.